The van der Waals surface area contributed by atoms with Gasteiger partial charge < -0.3 is 24.5 Å². The highest BCUT2D eigenvalue weighted by atomic mass is 35.5. The van der Waals surface area contributed by atoms with E-state index in [1.165, 1.54) is 5.69 Å². The SMILES string of the molecule is OCCN1CCN(c2nc(N3CCN(c4ccccc4)CC3)ncc2Oc2ccc(Cl)cc2)CC1. The van der Waals surface area contributed by atoms with Gasteiger partial charge in [-0.05, 0) is 36.4 Å². The molecule has 3 heterocycles. The summed E-state index contributed by atoms with van der Waals surface area (Å²) >= 11 is 6.04. The zero-order valence-corrected chi connectivity index (χ0v) is 20.5. The second kappa shape index (κ2) is 11.1. The average Bonchev–Trinajstić information content (AvgIpc) is 2.91. The summed E-state index contributed by atoms with van der Waals surface area (Å²) in [5, 5.41) is 9.95. The van der Waals surface area contributed by atoms with E-state index in [1.54, 1.807) is 6.20 Å². The molecule has 3 aromatic rings. The lowest BCUT2D eigenvalue weighted by atomic mass is 10.2. The average molecular weight is 495 g/mol. The number of para-hydroxylation sites is 1. The van der Waals surface area contributed by atoms with Crippen LogP contribution in [0.25, 0.3) is 0 Å². The van der Waals surface area contributed by atoms with Crippen molar-refractivity contribution >= 4 is 29.1 Å². The van der Waals surface area contributed by atoms with Crippen molar-refractivity contribution in [3.8, 4) is 11.5 Å². The Bertz CT molecular complexity index is 1080. The van der Waals surface area contributed by atoms with Gasteiger partial charge in [-0.15, -0.1) is 0 Å². The molecule has 2 aliphatic rings. The molecule has 5 rings (SSSR count). The molecule has 35 heavy (non-hydrogen) atoms. The van der Waals surface area contributed by atoms with Crippen molar-refractivity contribution in [1.82, 2.24) is 14.9 Å². The molecular formula is C26H31ClN6O2. The van der Waals surface area contributed by atoms with E-state index >= 15 is 0 Å². The van der Waals surface area contributed by atoms with Crippen molar-refractivity contribution in [2.45, 2.75) is 0 Å². The minimum atomic E-state index is 0.178. The number of hydrogen-bond donors (Lipinski definition) is 1. The molecular weight excluding hydrogens is 464 g/mol. The first-order valence-corrected chi connectivity index (χ1v) is 12.5. The van der Waals surface area contributed by atoms with Crippen molar-refractivity contribution in [2.24, 2.45) is 0 Å². The lowest BCUT2D eigenvalue weighted by Gasteiger charge is -2.38. The molecule has 1 aromatic heterocycles. The summed E-state index contributed by atoms with van der Waals surface area (Å²) in [6, 6.07) is 17.8. The first-order valence-electron chi connectivity index (χ1n) is 12.1. The van der Waals surface area contributed by atoms with E-state index < -0.39 is 0 Å². The zero-order valence-electron chi connectivity index (χ0n) is 19.8. The molecule has 0 radical (unpaired) electrons. The summed E-state index contributed by atoms with van der Waals surface area (Å²) in [5.41, 5.74) is 1.25. The summed E-state index contributed by atoms with van der Waals surface area (Å²) in [6.45, 7) is 7.81. The Balaban J connectivity index is 1.34. The van der Waals surface area contributed by atoms with Gasteiger partial charge in [-0.3, -0.25) is 4.90 Å². The molecule has 0 aliphatic carbocycles. The van der Waals surface area contributed by atoms with Gasteiger partial charge in [0, 0.05) is 69.6 Å². The quantitative estimate of drug-likeness (QED) is 0.536. The van der Waals surface area contributed by atoms with Gasteiger partial charge in [-0.25, -0.2) is 4.98 Å². The van der Waals surface area contributed by atoms with E-state index in [-0.39, 0.29) is 6.61 Å². The summed E-state index contributed by atoms with van der Waals surface area (Å²) in [6.07, 6.45) is 1.79. The van der Waals surface area contributed by atoms with Crippen LogP contribution in [0.2, 0.25) is 5.02 Å². The number of nitrogens with zero attached hydrogens (tertiary/aromatic N) is 6. The monoisotopic (exact) mass is 494 g/mol. The molecule has 0 amide bonds. The van der Waals surface area contributed by atoms with Gasteiger partial charge in [0.05, 0.1) is 12.8 Å². The van der Waals surface area contributed by atoms with Crippen LogP contribution >= 0.6 is 11.6 Å². The Morgan fingerprint density at radius 2 is 1.46 bits per heavy atom. The highest BCUT2D eigenvalue weighted by Crippen LogP contribution is 2.33. The zero-order chi connectivity index (χ0) is 24.0. The molecule has 8 nitrogen and oxygen atoms in total. The number of hydrogen-bond acceptors (Lipinski definition) is 8. The molecule has 0 spiro atoms. The molecule has 184 valence electrons. The van der Waals surface area contributed by atoms with Crippen LogP contribution in [-0.4, -0.2) is 85.5 Å². The number of anilines is 3. The Kier molecular flexibility index (Phi) is 7.51. The molecule has 0 atom stereocenters. The van der Waals surface area contributed by atoms with Gasteiger partial charge in [-0.1, -0.05) is 29.8 Å². The Morgan fingerprint density at radius 1 is 0.800 bits per heavy atom. The molecule has 0 saturated carbocycles. The highest BCUT2D eigenvalue weighted by molar-refractivity contribution is 6.30. The number of rotatable bonds is 7. The Hall–Kier alpha value is -3.07. The van der Waals surface area contributed by atoms with Crippen molar-refractivity contribution in [3.63, 3.8) is 0 Å². The topological polar surface area (TPSA) is 68.2 Å². The normalized spacial score (nSPS) is 17.0. The number of halogens is 1. The largest absolute Gasteiger partial charge is 0.452 e. The van der Waals surface area contributed by atoms with Crippen LogP contribution in [0, 0.1) is 0 Å². The third kappa shape index (κ3) is 5.78. The van der Waals surface area contributed by atoms with E-state index in [2.05, 4.69) is 48.8 Å². The van der Waals surface area contributed by atoms with Crippen molar-refractivity contribution < 1.29 is 9.84 Å². The van der Waals surface area contributed by atoms with Crippen molar-refractivity contribution in [2.75, 3.05) is 80.2 Å². The lowest BCUT2D eigenvalue weighted by Crippen LogP contribution is -2.48. The standard InChI is InChI=1S/C26H31ClN6O2/c27-21-6-8-23(9-7-21)35-24-20-28-26(29-25(24)32-12-10-30(11-13-32)18-19-34)33-16-14-31(15-17-33)22-4-2-1-3-5-22/h1-9,20,34H,10-19H2. The Morgan fingerprint density at radius 3 is 2.14 bits per heavy atom. The fraction of sp³-hybridized carbons (Fsp3) is 0.385. The fourth-order valence-corrected chi connectivity index (χ4v) is 4.69. The summed E-state index contributed by atoms with van der Waals surface area (Å²) in [5.74, 6) is 2.87. The number of ether oxygens (including phenoxy) is 1. The number of benzene rings is 2. The molecule has 2 aromatic carbocycles. The fourth-order valence-electron chi connectivity index (χ4n) is 4.56. The van der Waals surface area contributed by atoms with Crippen LogP contribution in [0.5, 0.6) is 11.5 Å². The van der Waals surface area contributed by atoms with E-state index in [1.807, 2.05) is 30.3 Å². The van der Waals surface area contributed by atoms with E-state index in [4.69, 9.17) is 21.3 Å². The van der Waals surface area contributed by atoms with Gasteiger partial charge in [0.2, 0.25) is 5.95 Å². The molecule has 0 unspecified atom stereocenters. The number of piperazine rings is 2. The maximum Gasteiger partial charge on any atom is 0.227 e. The number of β-amino-alcohol motifs (C(OH)–C–C–N with tert-alkyl or cyclic N) is 1. The van der Waals surface area contributed by atoms with Crippen molar-refractivity contribution in [1.29, 1.82) is 0 Å². The van der Waals surface area contributed by atoms with Crippen LogP contribution in [0.1, 0.15) is 0 Å². The van der Waals surface area contributed by atoms with Gasteiger partial charge in [0.1, 0.15) is 5.75 Å². The van der Waals surface area contributed by atoms with Gasteiger partial charge in [-0.2, -0.15) is 4.98 Å². The highest BCUT2D eigenvalue weighted by Gasteiger charge is 2.25. The molecule has 2 fully saturated rings. The predicted molar refractivity (Wildman–Crippen MR) is 140 cm³/mol. The van der Waals surface area contributed by atoms with Crippen LogP contribution in [-0.2, 0) is 0 Å². The summed E-state index contributed by atoms with van der Waals surface area (Å²) < 4.78 is 6.20. The Labute approximate surface area is 211 Å². The minimum Gasteiger partial charge on any atom is -0.452 e. The molecule has 2 saturated heterocycles. The number of aliphatic hydroxyl groups excluding tert-OH is 1. The number of aromatic nitrogens is 2. The maximum atomic E-state index is 9.29. The number of aliphatic hydroxyl groups is 1. The minimum absolute atomic E-state index is 0.178. The maximum absolute atomic E-state index is 9.29. The summed E-state index contributed by atoms with van der Waals surface area (Å²) in [7, 11) is 0. The molecule has 9 heteroatoms. The van der Waals surface area contributed by atoms with Crippen LogP contribution < -0.4 is 19.4 Å². The van der Waals surface area contributed by atoms with Crippen LogP contribution in [0.15, 0.2) is 60.8 Å². The first kappa shape index (κ1) is 23.7. The predicted octanol–water partition coefficient (Wildman–Crippen LogP) is 3.36. The van der Waals surface area contributed by atoms with E-state index in [0.717, 1.165) is 64.1 Å². The second-order valence-corrected chi connectivity index (χ2v) is 9.21. The van der Waals surface area contributed by atoms with Crippen molar-refractivity contribution in [3.05, 3.63) is 65.8 Å². The first-order chi connectivity index (χ1) is 17.2. The third-order valence-electron chi connectivity index (χ3n) is 6.54. The lowest BCUT2D eigenvalue weighted by molar-refractivity contribution is 0.188. The van der Waals surface area contributed by atoms with Gasteiger partial charge >= 0.3 is 0 Å². The van der Waals surface area contributed by atoms with Crippen LogP contribution in [0.4, 0.5) is 17.5 Å². The molecule has 0 bridgehead atoms. The van der Waals surface area contributed by atoms with E-state index in [0.29, 0.717) is 23.1 Å². The van der Waals surface area contributed by atoms with Crippen LogP contribution in [0.3, 0.4) is 0 Å². The van der Waals surface area contributed by atoms with Gasteiger partial charge in [0.25, 0.3) is 0 Å². The van der Waals surface area contributed by atoms with Gasteiger partial charge in [0.15, 0.2) is 11.6 Å². The molecule has 2 aliphatic heterocycles. The third-order valence-corrected chi connectivity index (χ3v) is 6.79. The molecule has 1 N–H and O–H groups in total. The second-order valence-electron chi connectivity index (χ2n) is 8.78. The summed E-state index contributed by atoms with van der Waals surface area (Å²) in [4.78, 5) is 18.9. The van der Waals surface area contributed by atoms with E-state index in [9.17, 15) is 5.11 Å². The smallest absolute Gasteiger partial charge is 0.227 e.